The first-order valence-corrected chi connectivity index (χ1v) is 5.78. The third-order valence-corrected chi connectivity index (χ3v) is 3.35. The van der Waals surface area contributed by atoms with Gasteiger partial charge in [-0.05, 0) is 25.0 Å². The van der Waals surface area contributed by atoms with Crippen molar-refractivity contribution in [2.75, 3.05) is 11.9 Å². The normalized spacial score (nSPS) is 11.5. The summed E-state index contributed by atoms with van der Waals surface area (Å²) in [7, 11) is 0. The maximum atomic E-state index is 6.10. The van der Waals surface area contributed by atoms with Gasteiger partial charge in [-0.15, -0.1) is 0 Å². The lowest BCUT2D eigenvalue weighted by molar-refractivity contribution is 0.445. The SMILES string of the molecule is CCC(CC)(CN)Nc1ccccc1Cl. The van der Waals surface area contributed by atoms with Gasteiger partial charge in [-0.1, -0.05) is 37.6 Å². The Morgan fingerprint density at radius 3 is 2.33 bits per heavy atom. The van der Waals surface area contributed by atoms with Crippen molar-refractivity contribution in [3.8, 4) is 0 Å². The summed E-state index contributed by atoms with van der Waals surface area (Å²) in [6.07, 6.45) is 1.98. The number of hydrogen-bond acceptors (Lipinski definition) is 2. The van der Waals surface area contributed by atoms with E-state index in [1.807, 2.05) is 24.3 Å². The van der Waals surface area contributed by atoms with Gasteiger partial charge in [0.05, 0.1) is 10.7 Å². The van der Waals surface area contributed by atoms with E-state index in [9.17, 15) is 0 Å². The highest BCUT2D eigenvalue weighted by Crippen LogP contribution is 2.27. The molecule has 0 atom stereocenters. The fourth-order valence-electron chi connectivity index (χ4n) is 1.61. The second kappa shape index (κ2) is 5.38. The first-order chi connectivity index (χ1) is 7.17. The van der Waals surface area contributed by atoms with E-state index < -0.39 is 0 Å². The summed E-state index contributed by atoms with van der Waals surface area (Å²) in [4.78, 5) is 0. The molecule has 0 radical (unpaired) electrons. The average Bonchev–Trinajstić information content (AvgIpc) is 2.29. The molecule has 0 aliphatic rings. The molecule has 1 rings (SSSR count). The second-order valence-corrected chi connectivity index (χ2v) is 4.20. The first kappa shape index (κ1) is 12.3. The highest BCUT2D eigenvalue weighted by Gasteiger charge is 2.24. The van der Waals surface area contributed by atoms with Crippen molar-refractivity contribution in [2.45, 2.75) is 32.2 Å². The summed E-state index contributed by atoms with van der Waals surface area (Å²) < 4.78 is 0. The molecule has 84 valence electrons. The first-order valence-electron chi connectivity index (χ1n) is 5.40. The summed E-state index contributed by atoms with van der Waals surface area (Å²) in [6, 6.07) is 7.77. The molecule has 3 N–H and O–H groups in total. The van der Waals surface area contributed by atoms with Crippen LogP contribution >= 0.6 is 11.6 Å². The second-order valence-electron chi connectivity index (χ2n) is 3.80. The van der Waals surface area contributed by atoms with Gasteiger partial charge >= 0.3 is 0 Å². The molecule has 0 bridgehead atoms. The molecule has 0 saturated carbocycles. The van der Waals surface area contributed by atoms with Crippen molar-refractivity contribution in [2.24, 2.45) is 5.73 Å². The molecule has 0 aliphatic carbocycles. The minimum Gasteiger partial charge on any atom is -0.377 e. The van der Waals surface area contributed by atoms with Gasteiger partial charge in [0, 0.05) is 12.1 Å². The van der Waals surface area contributed by atoms with Crippen molar-refractivity contribution in [1.82, 2.24) is 0 Å². The largest absolute Gasteiger partial charge is 0.377 e. The van der Waals surface area contributed by atoms with Crippen LogP contribution in [0, 0.1) is 0 Å². The lowest BCUT2D eigenvalue weighted by Crippen LogP contribution is -2.44. The van der Waals surface area contributed by atoms with Gasteiger partial charge in [-0.3, -0.25) is 0 Å². The van der Waals surface area contributed by atoms with Crippen molar-refractivity contribution < 1.29 is 0 Å². The van der Waals surface area contributed by atoms with Crippen LogP contribution < -0.4 is 11.1 Å². The molecule has 0 amide bonds. The van der Waals surface area contributed by atoms with Crippen LogP contribution in [0.4, 0.5) is 5.69 Å². The van der Waals surface area contributed by atoms with Crippen LogP contribution in [-0.2, 0) is 0 Å². The Kier molecular flexibility index (Phi) is 4.43. The van der Waals surface area contributed by atoms with E-state index in [-0.39, 0.29) is 5.54 Å². The van der Waals surface area contributed by atoms with Gasteiger partial charge in [0.25, 0.3) is 0 Å². The minimum absolute atomic E-state index is 0.0367. The van der Waals surface area contributed by atoms with Crippen molar-refractivity contribution in [1.29, 1.82) is 0 Å². The molecule has 1 aromatic rings. The maximum absolute atomic E-state index is 6.10. The van der Waals surface area contributed by atoms with Gasteiger partial charge in [0.1, 0.15) is 0 Å². The lowest BCUT2D eigenvalue weighted by atomic mass is 9.92. The molecule has 0 aliphatic heterocycles. The zero-order valence-electron chi connectivity index (χ0n) is 9.39. The molecule has 0 aromatic heterocycles. The topological polar surface area (TPSA) is 38.0 Å². The summed E-state index contributed by atoms with van der Waals surface area (Å²) in [5.41, 5.74) is 6.75. The Morgan fingerprint density at radius 1 is 1.27 bits per heavy atom. The van der Waals surface area contributed by atoms with Crippen LogP contribution in [-0.4, -0.2) is 12.1 Å². The maximum Gasteiger partial charge on any atom is 0.0637 e. The van der Waals surface area contributed by atoms with Crippen molar-refractivity contribution >= 4 is 17.3 Å². The quantitative estimate of drug-likeness (QED) is 0.809. The molecule has 0 fully saturated rings. The Hall–Kier alpha value is -0.730. The summed E-state index contributed by atoms with van der Waals surface area (Å²) in [5.74, 6) is 0. The average molecular weight is 227 g/mol. The van der Waals surface area contributed by atoms with Crippen LogP contribution in [0.15, 0.2) is 24.3 Å². The van der Waals surface area contributed by atoms with E-state index in [1.54, 1.807) is 0 Å². The number of hydrogen-bond donors (Lipinski definition) is 2. The van der Waals surface area contributed by atoms with Crippen LogP contribution in [0.2, 0.25) is 5.02 Å². The Balaban J connectivity index is 2.88. The van der Waals surface area contributed by atoms with Crippen LogP contribution in [0.3, 0.4) is 0 Å². The molecule has 0 spiro atoms. The van der Waals surface area contributed by atoms with Gasteiger partial charge in [-0.25, -0.2) is 0 Å². The predicted octanol–water partition coefficient (Wildman–Crippen LogP) is 3.27. The smallest absolute Gasteiger partial charge is 0.0637 e. The zero-order valence-corrected chi connectivity index (χ0v) is 10.1. The summed E-state index contributed by atoms with van der Waals surface area (Å²) >= 11 is 6.10. The Bertz CT molecular complexity index is 300. The zero-order chi connectivity index (χ0) is 11.3. The molecule has 0 heterocycles. The van der Waals surface area contributed by atoms with Crippen LogP contribution in [0.1, 0.15) is 26.7 Å². The molecule has 15 heavy (non-hydrogen) atoms. The molecule has 0 saturated heterocycles. The van der Waals surface area contributed by atoms with E-state index in [1.165, 1.54) is 0 Å². The summed E-state index contributed by atoms with van der Waals surface area (Å²) in [5, 5.41) is 4.20. The van der Waals surface area contributed by atoms with Crippen molar-refractivity contribution in [3.63, 3.8) is 0 Å². The Morgan fingerprint density at radius 2 is 1.87 bits per heavy atom. The monoisotopic (exact) mass is 226 g/mol. The number of benzene rings is 1. The number of anilines is 1. The highest BCUT2D eigenvalue weighted by molar-refractivity contribution is 6.33. The molecule has 2 nitrogen and oxygen atoms in total. The standard InChI is InChI=1S/C12H19ClN2/c1-3-12(4-2,9-14)15-11-8-6-5-7-10(11)13/h5-8,15H,3-4,9,14H2,1-2H3. The fraction of sp³-hybridized carbons (Fsp3) is 0.500. The van der Waals surface area contributed by atoms with E-state index in [0.717, 1.165) is 23.6 Å². The van der Waals surface area contributed by atoms with Crippen LogP contribution in [0.25, 0.3) is 0 Å². The Labute approximate surface area is 96.8 Å². The van der Waals surface area contributed by atoms with E-state index >= 15 is 0 Å². The lowest BCUT2D eigenvalue weighted by Gasteiger charge is -2.33. The molecular weight excluding hydrogens is 208 g/mol. The summed E-state index contributed by atoms with van der Waals surface area (Å²) in [6.45, 7) is 4.89. The molecule has 1 aromatic carbocycles. The van der Waals surface area contributed by atoms with Gasteiger partial charge in [-0.2, -0.15) is 0 Å². The van der Waals surface area contributed by atoms with Gasteiger partial charge in [0.15, 0.2) is 0 Å². The number of para-hydroxylation sites is 1. The number of nitrogens with one attached hydrogen (secondary N) is 1. The van der Waals surface area contributed by atoms with Crippen LogP contribution in [0.5, 0.6) is 0 Å². The van der Waals surface area contributed by atoms with E-state index in [2.05, 4.69) is 19.2 Å². The highest BCUT2D eigenvalue weighted by atomic mass is 35.5. The number of rotatable bonds is 5. The predicted molar refractivity (Wildman–Crippen MR) is 67.4 cm³/mol. The molecule has 3 heteroatoms. The van der Waals surface area contributed by atoms with Gasteiger partial charge in [0.2, 0.25) is 0 Å². The third kappa shape index (κ3) is 2.86. The molecule has 0 unspecified atom stereocenters. The van der Waals surface area contributed by atoms with Crippen molar-refractivity contribution in [3.05, 3.63) is 29.3 Å². The third-order valence-electron chi connectivity index (χ3n) is 3.02. The van der Waals surface area contributed by atoms with E-state index in [0.29, 0.717) is 6.54 Å². The molecular formula is C12H19ClN2. The number of halogens is 1. The fourth-order valence-corrected chi connectivity index (χ4v) is 1.80. The van der Waals surface area contributed by atoms with Gasteiger partial charge < -0.3 is 11.1 Å². The van der Waals surface area contributed by atoms with E-state index in [4.69, 9.17) is 17.3 Å². The minimum atomic E-state index is -0.0367. The number of nitrogens with two attached hydrogens (primary N) is 1.